The van der Waals surface area contributed by atoms with Gasteiger partial charge >= 0.3 is 0 Å². The smallest absolute Gasteiger partial charge is 0.274 e. The summed E-state index contributed by atoms with van der Waals surface area (Å²) in [5.74, 6) is 0.548. The summed E-state index contributed by atoms with van der Waals surface area (Å²) in [6, 6.07) is 19.8. The number of amides is 1. The first kappa shape index (κ1) is 16.9. The van der Waals surface area contributed by atoms with Gasteiger partial charge in [-0.25, -0.2) is 4.98 Å². The van der Waals surface area contributed by atoms with E-state index in [9.17, 15) is 4.79 Å². The third-order valence-corrected chi connectivity index (χ3v) is 4.02. The van der Waals surface area contributed by atoms with Gasteiger partial charge in [-0.05, 0) is 48.5 Å². The van der Waals surface area contributed by atoms with E-state index in [1.165, 1.54) is 6.20 Å². The number of benzene rings is 2. The number of nitrogens with zero attached hydrogens (tertiary/aromatic N) is 3. The molecule has 0 aliphatic carbocycles. The average molecular weight is 377 g/mol. The molecule has 0 radical (unpaired) electrons. The Morgan fingerprint density at radius 1 is 0.852 bits per heavy atom. The minimum Gasteiger partial charge on any atom is -0.416 e. The molecule has 2 heterocycles. The number of aromatic nitrogens is 3. The third kappa shape index (κ3) is 3.86. The molecule has 132 valence electrons. The van der Waals surface area contributed by atoms with Crippen LogP contribution in [0.3, 0.4) is 0 Å². The Kier molecular flexibility index (Phi) is 4.63. The zero-order valence-electron chi connectivity index (χ0n) is 14.0. The van der Waals surface area contributed by atoms with Crippen molar-refractivity contribution >= 4 is 23.2 Å². The number of anilines is 1. The third-order valence-electron chi connectivity index (χ3n) is 3.80. The predicted molar refractivity (Wildman–Crippen MR) is 102 cm³/mol. The Morgan fingerprint density at radius 3 is 2.15 bits per heavy atom. The van der Waals surface area contributed by atoms with Crippen LogP contribution in [0.25, 0.3) is 22.9 Å². The van der Waals surface area contributed by atoms with Crippen molar-refractivity contribution in [3.8, 4) is 22.9 Å². The van der Waals surface area contributed by atoms with Gasteiger partial charge in [0.25, 0.3) is 5.91 Å². The van der Waals surface area contributed by atoms with E-state index < -0.39 is 0 Å². The molecule has 0 saturated heterocycles. The fourth-order valence-electron chi connectivity index (χ4n) is 2.44. The van der Waals surface area contributed by atoms with Gasteiger partial charge in [0.15, 0.2) is 0 Å². The number of hydrogen-bond donors (Lipinski definition) is 1. The lowest BCUT2D eigenvalue weighted by molar-refractivity contribution is 0.102. The Morgan fingerprint density at radius 2 is 1.52 bits per heavy atom. The maximum Gasteiger partial charge on any atom is 0.274 e. The van der Waals surface area contributed by atoms with Crippen LogP contribution in [0.2, 0.25) is 5.02 Å². The maximum absolute atomic E-state index is 12.2. The van der Waals surface area contributed by atoms with Crippen molar-refractivity contribution in [1.29, 1.82) is 0 Å². The molecular weight excluding hydrogens is 364 g/mol. The minimum atomic E-state index is -0.316. The molecular formula is C20H13ClN4O2. The van der Waals surface area contributed by atoms with Gasteiger partial charge in [0.05, 0.1) is 5.02 Å². The number of carbonyl (C=O) groups excluding carboxylic acids is 1. The fraction of sp³-hybridized carbons (Fsp3) is 0. The number of nitrogens with one attached hydrogen (secondary N) is 1. The van der Waals surface area contributed by atoms with Gasteiger partial charge in [0.1, 0.15) is 5.69 Å². The van der Waals surface area contributed by atoms with E-state index in [-0.39, 0.29) is 11.6 Å². The largest absolute Gasteiger partial charge is 0.416 e. The molecule has 27 heavy (non-hydrogen) atoms. The summed E-state index contributed by atoms with van der Waals surface area (Å²) in [4.78, 5) is 16.2. The summed E-state index contributed by atoms with van der Waals surface area (Å²) in [5, 5.41) is 11.4. The highest BCUT2D eigenvalue weighted by Crippen LogP contribution is 2.24. The van der Waals surface area contributed by atoms with Crippen molar-refractivity contribution < 1.29 is 9.21 Å². The number of pyridine rings is 1. The van der Waals surface area contributed by atoms with Gasteiger partial charge < -0.3 is 9.73 Å². The van der Waals surface area contributed by atoms with Crippen LogP contribution in [0.4, 0.5) is 5.69 Å². The second-order valence-corrected chi connectivity index (χ2v) is 6.11. The summed E-state index contributed by atoms with van der Waals surface area (Å²) < 4.78 is 5.73. The van der Waals surface area contributed by atoms with Gasteiger partial charge in [-0.15, -0.1) is 10.2 Å². The Hall–Kier alpha value is -3.51. The molecule has 1 amide bonds. The highest BCUT2D eigenvalue weighted by Gasteiger charge is 2.11. The normalized spacial score (nSPS) is 10.6. The number of hydrogen-bond acceptors (Lipinski definition) is 5. The van der Waals surface area contributed by atoms with Crippen LogP contribution < -0.4 is 5.32 Å². The van der Waals surface area contributed by atoms with Gasteiger partial charge in [-0.3, -0.25) is 4.79 Å². The zero-order valence-corrected chi connectivity index (χ0v) is 14.7. The quantitative estimate of drug-likeness (QED) is 0.558. The van der Waals surface area contributed by atoms with E-state index in [0.29, 0.717) is 22.5 Å². The van der Waals surface area contributed by atoms with Crippen LogP contribution >= 0.6 is 11.6 Å². The van der Waals surface area contributed by atoms with Crippen LogP contribution in [0.5, 0.6) is 0 Å². The van der Waals surface area contributed by atoms with Crippen molar-refractivity contribution in [2.75, 3.05) is 5.32 Å². The summed E-state index contributed by atoms with van der Waals surface area (Å²) in [6.07, 6.45) is 1.43. The molecule has 0 bridgehead atoms. The Balaban J connectivity index is 1.48. The van der Waals surface area contributed by atoms with E-state index in [1.54, 1.807) is 36.4 Å². The Bertz CT molecular complexity index is 1060. The van der Waals surface area contributed by atoms with Gasteiger partial charge in [-0.2, -0.15) is 0 Å². The first-order valence-corrected chi connectivity index (χ1v) is 8.49. The van der Waals surface area contributed by atoms with Gasteiger partial charge in [0, 0.05) is 23.0 Å². The van der Waals surface area contributed by atoms with Crippen LogP contribution in [0, 0.1) is 0 Å². The summed E-state index contributed by atoms with van der Waals surface area (Å²) in [7, 11) is 0. The molecule has 0 atom stereocenters. The van der Waals surface area contributed by atoms with Crippen LogP contribution in [0.1, 0.15) is 10.5 Å². The van der Waals surface area contributed by atoms with Crippen molar-refractivity contribution in [3.63, 3.8) is 0 Å². The topological polar surface area (TPSA) is 80.9 Å². The second-order valence-electron chi connectivity index (χ2n) is 5.67. The molecule has 0 unspecified atom stereocenters. The molecule has 0 saturated carbocycles. The van der Waals surface area contributed by atoms with E-state index >= 15 is 0 Å². The average Bonchev–Trinajstić information content (AvgIpc) is 3.20. The van der Waals surface area contributed by atoms with Gasteiger partial charge in [-0.1, -0.05) is 29.8 Å². The maximum atomic E-state index is 12.2. The van der Waals surface area contributed by atoms with Crippen LogP contribution in [-0.4, -0.2) is 21.1 Å². The van der Waals surface area contributed by atoms with Crippen LogP contribution in [-0.2, 0) is 0 Å². The molecule has 2 aromatic heterocycles. The zero-order chi connectivity index (χ0) is 18.6. The molecule has 2 aromatic carbocycles. The van der Waals surface area contributed by atoms with Crippen molar-refractivity contribution in [2.45, 2.75) is 0 Å². The number of rotatable bonds is 4. The van der Waals surface area contributed by atoms with Gasteiger partial charge in [0.2, 0.25) is 11.8 Å². The molecule has 1 N–H and O–H groups in total. The molecule has 4 aromatic rings. The molecule has 4 rings (SSSR count). The summed E-state index contributed by atoms with van der Waals surface area (Å²) in [5.41, 5.74) is 2.53. The molecule has 0 spiro atoms. The fourth-order valence-corrected chi connectivity index (χ4v) is 2.55. The predicted octanol–water partition coefficient (Wildman–Crippen LogP) is 4.70. The molecule has 0 aliphatic rings. The van der Waals surface area contributed by atoms with Crippen molar-refractivity contribution in [3.05, 3.63) is 83.6 Å². The molecule has 6 nitrogen and oxygen atoms in total. The van der Waals surface area contributed by atoms with Crippen molar-refractivity contribution in [2.24, 2.45) is 0 Å². The highest BCUT2D eigenvalue weighted by molar-refractivity contribution is 6.30. The molecule has 0 aliphatic heterocycles. The lowest BCUT2D eigenvalue weighted by atomic mass is 10.2. The standard InChI is InChI=1S/C20H13ClN4O2/c21-15-8-11-17(22-12-15)18(26)23-16-9-6-14(7-10-16)20-25-24-19(27-20)13-4-2-1-3-5-13/h1-12H,(H,23,26). The highest BCUT2D eigenvalue weighted by atomic mass is 35.5. The van der Waals surface area contributed by atoms with E-state index in [1.807, 2.05) is 30.3 Å². The van der Waals surface area contributed by atoms with Crippen LogP contribution in [0.15, 0.2) is 77.3 Å². The summed E-state index contributed by atoms with van der Waals surface area (Å²) in [6.45, 7) is 0. The number of halogens is 1. The molecule has 7 heteroatoms. The van der Waals surface area contributed by atoms with E-state index in [4.69, 9.17) is 16.0 Å². The Labute approximate surface area is 159 Å². The first-order valence-electron chi connectivity index (χ1n) is 8.11. The number of carbonyl (C=O) groups is 1. The summed E-state index contributed by atoms with van der Waals surface area (Å²) >= 11 is 5.78. The van der Waals surface area contributed by atoms with Crippen molar-refractivity contribution in [1.82, 2.24) is 15.2 Å². The lowest BCUT2D eigenvalue weighted by Crippen LogP contribution is -2.13. The lowest BCUT2D eigenvalue weighted by Gasteiger charge is -2.05. The van der Waals surface area contributed by atoms with E-state index in [2.05, 4.69) is 20.5 Å². The first-order chi connectivity index (χ1) is 13.2. The monoisotopic (exact) mass is 376 g/mol. The van der Waals surface area contributed by atoms with E-state index in [0.717, 1.165) is 11.1 Å². The second kappa shape index (κ2) is 7.39. The SMILES string of the molecule is O=C(Nc1ccc(-c2nnc(-c3ccccc3)o2)cc1)c1ccc(Cl)cn1. The minimum absolute atomic E-state index is 0.285. The molecule has 0 fully saturated rings.